The van der Waals surface area contributed by atoms with E-state index in [0.717, 1.165) is 7.11 Å². The molecule has 0 aromatic rings. The first-order valence-electron chi connectivity index (χ1n) is 2.51. The quantitative estimate of drug-likeness (QED) is 0.331. The summed E-state index contributed by atoms with van der Waals surface area (Å²) in [6, 6.07) is 0. The highest BCUT2D eigenvalue weighted by Crippen LogP contribution is 1.71. The third-order valence-electron chi connectivity index (χ3n) is 0.480. The molecule has 0 aromatic carbocycles. The van der Waals surface area contributed by atoms with Crippen molar-refractivity contribution in [2.75, 3.05) is 14.2 Å². The van der Waals surface area contributed by atoms with E-state index >= 15 is 0 Å². The van der Waals surface area contributed by atoms with Gasteiger partial charge in [0.1, 0.15) is 7.11 Å². The molecule has 0 aliphatic rings. The van der Waals surface area contributed by atoms with Gasteiger partial charge in [0.2, 0.25) is 0 Å². The van der Waals surface area contributed by atoms with Crippen LogP contribution in [-0.4, -0.2) is 36.5 Å². The molecule has 0 aliphatic carbocycles. The first kappa shape index (κ1) is 11.7. The summed E-state index contributed by atoms with van der Waals surface area (Å²) in [6.45, 7) is 1.66. The van der Waals surface area contributed by atoms with Gasteiger partial charge in [-0.2, -0.15) is 0 Å². The van der Waals surface area contributed by atoms with Crippen molar-refractivity contribution in [1.29, 1.82) is 0 Å². The van der Waals surface area contributed by atoms with Crippen molar-refractivity contribution >= 4 is 11.9 Å². The topological polar surface area (TPSA) is 74.4 Å². The standard InChI is InChI=1S/C4H8N2O2.CH4O/c1-4(3-5-7)6-8-2;1-2/h3,7H,1-2H3;2H,1H3. The predicted octanol–water partition coefficient (Wildman–Crippen LogP) is 0.0772. The summed E-state index contributed by atoms with van der Waals surface area (Å²) in [7, 11) is 2.43. The Morgan fingerprint density at radius 2 is 2.00 bits per heavy atom. The highest BCUT2D eigenvalue weighted by atomic mass is 16.6. The number of hydrogen-bond donors (Lipinski definition) is 2. The summed E-state index contributed by atoms with van der Waals surface area (Å²) in [5.41, 5.74) is 0.523. The van der Waals surface area contributed by atoms with Gasteiger partial charge in [-0.05, 0) is 6.92 Å². The molecule has 2 N–H and O–H groups in total. The minimum absolute atomic E-state index is 0.523. The molecule has 0 saturated heterocycles. The predicted molar refractivity (Wildman–Crippen MR) is 38.5 cm³/mol. The van der Waals surface area contributed by atoms with E-state index < -0.39 is 0 Å². The summed E-state index contributed by atoms with van der Waals surface area (Å²) in [5, 5.41) is 21.0. The summed E-state index contributed by atoms with van der Waals surface area (Å²) in [4.78, 5) is 4.34. The highest BCUT2D eigenvalue weighted by Gasteiger charge is 1.79. The molecule has 0 aliphatic heterocycles. The Hall–Kier alpha value is -1.10. The van der Waals surface area contributed by atoms with Crippen LogP contribution in [0.2, 0.25) is 0 Å². The molecule has 10 heavy (non-hydrogen) atoms. The van der Waals surface area contributed by atoms with E-state index in [0.29, 0.717) is 5.71 Å². The van der Waals surface area contributed by atoms with Gasteiger partial charge in [0.05, 0.1) is 11.9 Å². The van der Waals surface area contributed by atoms with Gasteiger partial charge in [0.15, 0.2) is 0 Å². The molecule has 0 aromatic heterocycles. The zero-order valence-electron chi connectivity index (χ0n) is 6.27. The second-order valence-corrected chi connectivity index (χ2v) is 1.16. The van der Waals surface area contributed by atoms with Crippen molar-refractivity contribution in [2.45, 2.75) is 6.92 Å². The first-order chi connectivity index (χ1) is 4.81. The van der Waals surface area contributed by atoms with Crippen molar-refractivity contribution in [2.24, 2.45) is 10.3 Å². The first-order valence-corrected chi connectivity index (χ1v) is 2.51. The van der Waals surface area contributed by atoms with Gasteiger partial charge in [0, 0.05) is 7.11 Å². The lowest BCUT2D eigenvalue weighted by atomic mass is 10.5. The minimum atomic E-state index is 0.523. The van der Waals surface area contributed by atoms with Crippen molar-refractivity contribution in [3.05, 3.63) is 0 Å². The molecule has 0 unspecified atom stereocenters. The van der Waals surface area contributed by atoms with Crippen LogP contribution in [0.1, 0.15) is 6.92 Å². The highest BCUT2D eigenvalue weighted by molar-refractivity contribution is 6.29. The lowest BCUT2D eigenvalue weighted by Gasteiger charge is -1.85. The SMILES string of the molecule is CO.CON=C(C)C=NO. The Bertz CT molecular complexity index is 111. The number of hydrogen-bond acceptors (Lipinski definition) is 5. The van der Waals surface area contributed by atoms with Crippen LogP contribution in [0.15, 0.2) is 10.3 Å². The fraction of sp³-hybridized carbons (Fsp3) is 0.600. The van der Waals surface area contributed by atoms with E-state index in [9.17, 15) is 0 Å². The third kappa shape index (κ3) is 10.0. The average Bonchev–Trinajstić information content (AvgIpc) is 1.93. The molecule has 0 rings (SSSR count). The fourth-order valence-corrected chi connectivity index (χ4v) is 0.251. The normalized spacial score (nSPS) is 10.6. The number of aliphatic hydroxyl groups is 1. The molecule has 0 fully saturated rings. The smallest absolute Gasteiger partial charge is 0.106 e. The molecule has 5 nitrogen and oxygen atoms in total. The zero-order chi connectivity index (χ0) is 8.41. The maximum absolute atomic E-state index is 7.90. The van der Waals surface area contributed by atoms with E-state index in [2.05, 4.69) is 15.1 Å². The molecule has 5 heteroatoms. The largest absolute Gasteiger partial charge is 0.411 e. The average molecular weight is 148 g/mol. The number of nitrogens with zero attached hydrogens (tertiary/aromatic N) is 2. The van der Waals surface area contributed by atoms with Gasteiger partial charge in [-0.1, -0.05) is 10.3 Å². The van der Waals surface area contributed by atoms with Gasteiger partial charge in [-0.25, -0.2) is 0 Å². The molecule has 60 valence electrons. The van der Waals surface area contributed by atoms with Crippen LogP contribution < -0.4 is 0 Å². The molecule has 0 spiro atoms. The Labute approximate surface area is 59.6 Å². The van der Waals surface area contributed by atoms with Gasteiger partial charge in [-0.15, -0.1) is 0 Å². The van der Waals surface area contributed by atoms with Gasteiger partial charge in [-0.3, -0.25) is 0 Å². The van der Waals surface area contributed by atoms with Crippen molar-refractivity contribution in [3.8, 4) is 0 Å². The number of aliphatic hydroxyl groups excluding tert-OH is 1. The monoisotopic (exact) mass is 148 g/mol. The van der Waals surface area contributed by atoms with Crippen LogP contribution in [0.5, 0.6) is 0 Å². The molecular formula is C5H12N2O3. The molecule has 0 heterocycles. The number of oxime groups is 2. The van der Waals surface area contributed by atoms with Crippen LogP contribution in [0, 0.1) is 0 Å². The number of rotatable bonds is 2. The van der Waals surface area contributed by atoms with Gasteiger partial charge >= 0.3 is 0 Å². The fourth-order valence-electron chi connectivity index (χ4n) is 0.251. The van der Waals surface area contributed by atoms with Crippen LogP contribution in [0.3, 0.4) is 0 Å². The Morgan fingerprint density at radius 1 is 1.50 bits per heavy atom. The lowest BCUT2D eigenvalue weighted by molar-refractivity contribution is 0.214. The molecule has 0 amide bonds. The lowest BCUT2D eigenvalue weighted by Crippen LogP contribution is -1.91. The summed E-state index contributed by atoms with van der Waals surface area (Å²) >= 11 is 0. The van der Waals surface area contributed by atoms with Crippen molar-refractivity contribution < 1.29 is 15.2 Å². The summed E-state index contributed by atoms with van der Waals surface area (Å²) in [6.07, 6.45) is 1.18. The molecular weight excluding hydrogens is 136 g/mol. The van der Waals surface area contributed by atoms with E-state index in [-0.39, 0.29) is 0 Å². The summed E-state index contributed by atoms with van der Waals surface area (Å²) in [5.74, 6) is 0. The third-order valence-corrected chi connectivity index (χ3v) is 0.480. The maximum Gasteiger partial charge on any atom is 0.106 e. The van der Waals surface area contributed by atoms with Gasteiger partial charge in [0.25, 0.3) is 0 Å². The Morgan fingerprint density at radius 3 is 2.30 bits per heavy atom. The minimum Gasteiger partial charge on any atom is -0.411 e. The van der Waals surface area contributed by atoms with Crippen molar-refractivity contribution in [1.82, 2.24) is 0 Å². The summed E-state index contributed by atoms with van der Waals surface area (Å²) < 4.78 is 0. The van der Waals surface area contributed by atoms with Crippen molar-refractivity contribution in [3.63, 3.8) is 0 Å². The van der Waals surface area contributed by atoms with E-state index in [1.165, 1.54) is 13.3 Å². The molecule has 0 bridgehead atoms. The zero-order valence-corrected chi connectivity index (χ0v) is 6.27. The molecule has 0 saturated carbocycles. The second kappa shape index (κ2) is 10.8. The van der Waals surface area contributed by atoms with Crippen LogP contribution in [0.4, 0.5) is 0 Å². The molecule has 0 radical (unpaired) electrons. The molecule has 0 atom stereocenters. The van der Waals surface area contributed by atoms with Crippen LogP contribution in [0.25, 0.3) is 0 Å². The van der Waals surface area contributed by atoms with Crippen LogP contribution in [-0.2, 0) is 4.84 Å². The Balaban J connectivity index is 0. The Kier molecular flexibility index (Phi) is 12.6. The second-order valence-electron chi connectivity index (χ2n) is 1.16. The van der Waals surface area contributed by atoms with Crippen LogP contribution >= 0.6 is 0 Å². The van der Waals surface area contributed by atoms with E-state index in [4.69, 9.17) is 10.3 Å². The van der Waals surface area contributed by atoms with E-state index in [1.807, 2.05) is 0 Å². The maximum atomic E-state index is 7.90. The van der Waals surface area contributed by atoms with E-state index in [1.54, 1.807) is 6.92 Å². The van der Waals surface area contributed by atoms with Gasteiger partial charge < -0.3 is 15.2 Å².